The van der Waals surface area contributed by atoms with Crippen LogP contribution in [-0.2, 0) is 0 Å². The highest BCUT2D eigenvalue weighted by Gasteiger charge is 2.11. The van der Waals surface area contributed by atoms with Crippen molar-refractivity contribution in [2.45, 2.75) is 24.7 Å². The number of rotatable bonds is 10. The second kappa shape index (κ2) is 11.2. The van der Waals surface area contributed by atoms with Gasteiger partial charge in [0.1, 0.15) is 17.2 Å². The summed E-state index contributed by atoms with van der Waals surface area (Å²) < 4.78 is 23.0. The van der Waals surface area contributed by atoms with E-state index in [2.05, 4.69) is 43.1 Å². The Labute approximate surface area is 205 Å². The molecular weight excluding hydrogens is 446 g/mol. The summed E-state index contributed by atoms with van der Waals surface area (Å²) in [6.07, 6.45) is 1.73. The van der Waals surface area contributed by atoms with E-state index in [1.807, 2.05) is 42.5 Å². The van der Waals surface area contributed by atoms with Crippen LogP contribution in [0, 0.1) is 0 Å². The molecule has 0 saturated carbocycles. The fourth-order valence-electron chi connectivity index (χ4n) is 3.67. The molecule has 0 amide bonds. The fourth-order valence-corrected chi connectivity index (χ4v) is 4.40. The molecule has 4 aromatic rings. The summed E-state index contributed by atoms with van der Waals surface area (Å²) in [6.45, 7) is 5.02. The highest BCUT2D eigenvalue weighted by molar-refractivity contribution is 7.99. The predicted molar refractivity (Wildman–Crippen MR) is 138 cm³/mol. The summed E-state index contributed by atoms with van der Waals surface area (Å²) in [5, 5.41) is 0.859. The monoisotopic (exact) mass is 475 g/mol. The Bertz CT molecular complexity index is 1240. The Morgan fingerprint density at radius 2 is 1.56 bits per heavy atom. The molecule has 0 fully saturated rings. The van der Waals surface area contributed by atoms with E-state index in [9.17, 15) is 0 Å². The standard InChI is InChI=1S/C28H29NO4S/c1-19(2)22-7-5-6-8-25(22)32-15-16-34-21-11-9-20(10-12-21)33-26-13-14-29-24-18-28(31-4)27(30-3)17-23(24)26/h5-14,17-19H,15-16H2,1-4H3. The molecule has 0 atom stereocenters. The Kier molecular flexibility index (Phi) is 7.80. The van der Waals surface area contributed by atoms with Crippen LogP contribution in [0.5, 0.6) is 28.7 Å². The van der Waals surface area contributed by atoms with Crippen LogP contribution in [0.3, 0.4) is 0 Å². The lowest BCUT2D eigenvalue weighted by molar-refractivity contribution is 0.339. The second-order valence-corrected chi connectivity index (χ2v) is 9.16. The number of hydrogen-bond acceptors (Lipinski definition) is 6. The van der Waals surface area contributed by atoms with Crippen LogP contribution >= 0.6 is 11.8 Å². The summed E-state index contributed by atoms with van der Waals surface area (Å²) in [5.41, 5.74) is 2.02. The zero-order valence-corrected chi connectivity index (χ0v) is 20.7. The van der Waals surface area contributed by atoms with E-state index in [4.69, 9.17) is 18.9 Å². The highest BCUT2D eigenvalue weighted by Crippen LogP contribution is 2.37. The summed E-state index contributed by atoms with van der Waals surface area (Å²) in [4.78, 5) is 5.60. The number of para-hydroxylation sites is 1. The predicted octanol–water partition coefficient (Wildman–Crippen LogP) is 7.34. The summed E-state index contributed by atoms with van der Waals surface area (Å²) in [6, 6.07) is 21.9. The van der Waals surface area contributed by atoms with E-state index in [0.29, 0.717) is 29.8 Å². The highest BCUT2D eigenvalue weighted by atomic mass is 32.2. The van der Waals surface area contributed by atoms with Crippen molar-refractivity contribution in [2.24, 2.45) is 0 Å². The van der Waals surface area contributed by atoms with Crippen molar-refractivity contribution >= 4 is 22.7 Å². The molecule has 0 N–H and O–H groups in total. The maximum Gasteiger partial charge on any atom is 0.162 e. The average molecular weight is 476 g/mol. The van der Waals surface area contributed by atoms with E-state index < -0.39 is 0 Å². The van der Waals surface area contributed by atoms with Gasteiger partial charge in [0.25, 0.3) is 0 Å². The number of ether oxygens (including phenoxy) is 4. The Morgan fingerprint density at radius 3 is 2.29 bits per heavy atom. The molecule has 1 aromatic heterocycles. The topological polar surface area (TPSA) is 49.8 Å². The molecule has 0 bridgehead atoms. The zero-order chi connectivity index (χ0) is 23.9. The lowest BCUT2D eigenvalue weighted by Crippen LogP contribution is -2.03. The number of nitrogens with zero attached hydrogens (tertiary/aromatic N) is 1. The maximum absolute atomic E-state index is 6.17. The molecule has 34 heavy (non-hydrogen) atoms. The van der Waals surface area contributed by atoms with Crippen LogP contribution in [0.25, 0.3) is 10.9 Å². The third-order valence-electron chi connectivity index (χ3n) is 5.41. The number of pyridine rings is 1. The van der Waals surface area contributed by atoms with Crippen molar-refractivity contribution in [3.8, 4) is 28.7 Å². The molecule has 176 valence electrons. The van der Waals surface area contributed by atoms with Crippen LogP contribution in [0.2, 0.25) is 0 Å². The van der Waals surface area contributed by atoms with E-state index in [1.54, 1.807) is 32.2 Å². The molecule has 0 spiro atoms. The van der Waals surface area contributed by atoms with Crippen molar-refractivity contribution in [1.29, 1.82) is 0 Å². The number of aromatic nitrogens is 1. The quantitative estimate of drug-likeness (QED) is 0.177. The number of methoxy groups -OCH3 is 2. The molecule has 0 aliphatic heterocycles. The summed E-state index contributed by atoms with van der Waals surface area (Å²) >= 11 is 1.76. The van der Waals surface area contributed by atoms with Gasteiger partial charge in [-0.1, -0.05) is 32.0 Å². The van der Waals surface area contributed by atoms with Gasteiger partial charge in [0, 0.05) is 28.3 Å². The number of thioether (sulfide) groups is 1. The Morgan fingerprint density at radius 1 is 0.824 bits per heavy atom. The largest absolute Gasteiger partial charge is 0.493 e. The first-order valence-electron chi connectivity index (χ1n) is 11.2. The third-order valence-corrected chi connectivity index (χ3v) is 6.39. The fraction of sp³-hybridized carbons (Fsp3) is 0.250. The van der Waals surface area contributed by atoms with Gasteiger partial charge in [0.2, 0.25) is 0 Å². The normalized spacial score (nSPS) is 11.0. The van der Waals surface area contributed by atoms with Crippen molar-refractivity contribution in [2.75, 3.05) is 26.6 Å². The molecule has 0 radical (unpaired) electrons. The molecule has 4 rings (SSSR count). The van der Waals surface area contributed by atoms with E-state index in [1.165, 1.54) is 10.5 Å². The van der Waals surface area contributed by atoms with Crippen LogP contribution < -0.4 is 18.9 Å². The van der Waals surface area contributed by atoms with Gasteiger partial charge >= 0.3 is 0 Å². The molecule has 1 heterocycles. The van der Waals surface area contributed by atoms with E-state index >= 15 is 0 Å². The van der Waals surface area contributed by atoms with Gasteiger partial charge in [-0.3, -0.25) is 4.98 Å². The summed E-state index contributed by atoms with van der Waals surface area (Å²) in [7, 11) is 3.23. The van der Waals surface area contributed by atoms with Gasteiger partial charge < -0.3 is 18.9 Å². The Hall–Kier alpha value is -3.38. The number of hydrogen-bond donors (Lipinski definition) is 0. The first kappa shape index (κ1) is 23.8. The Balaban J connectivity index is 1.38. The van der Waals surface area contributed by atoms with Crippen LogP contribution in [0.15, 0.2) is 77.8 Å². The van der Waals surface area contributed by atoms with Crippen molar-refractivity contribution < 1.29 is 18.9 Å². The minimum atomic E-state index is 0.442. The average Bonchev–Trinajstić information content (AvgIpc) is 2.87. The van der Waals surface area contributed by atoms with Crippen LogP contribution in [0.4, 0.5) is 0 Å². The molecule has 3 aromatic carbocycles. The second-order valence-electron chi connectivity index (χ2n) is 8.00. The minimum absolute atomic E-state index is 0.442. The van der Waals surface area contributed by atoms with Gasteiger partial charge in [-0.15, -0.1) is 11.8 Å². The van der Waals surface area contributed by atoms with E-state index in [0.717, 1.165) is 28.2 Å². The van der Waals surface area contributed by atoms with E-state index in [-0.39, 0.29) is 0 Å². The van der Waals surface area contributed by atoms with Crippen molar-refractivity contribution in [3.05, 3.63) is 78.5 Å². The SMILES string of the molecule is COc1cc2nccc(Oc3ccc(SCCOc4ccccc4C(C)C)cc3)c2cc1OC. The van der Waals surface area contributed by atoms with Gasteiger partial charge in [0.05, 0.1) is 26.3 Å². The van der Waals surface area contributed by atoms with Crippen molar-refractivity contribution in [1.82, 2.24) is 4.98 Å². The molecule has 5 nitrogen and oxygen atoms in total. The minimum Gasteiger partial charge on any atom is -0.493 e. The lowest BCUT2D eigenvalue weighted by atomic mass is 10.0. The molecular formula is C28H29NO4S. The summed E-state index contributed by atoms with van der Waals surface area (Å²) in [5.74, 6) is 5.02. The molecule has 0 unspecified atom stereocenters. The molecule has 0 saturated heterocycles. The van der Waals surface area contributed by atoms with Gasteiger partial charge in [-0.25, -0.2) is 0 Å². The van der Waals surface area contributed by atoms with Crippen LogP contribution in [-0.4, -0.2) is 31.6 Å². The first-order valence-corrected chi connectivity index (χ1v) is 12.2. The third kappa shape index (κ3) is 5.57. The lowest BCUT2D eigenvalue weighted by Gasteiger charge is -2.14. The van der Waals surface area contributed by atoms with Gasteiger partial charge in [0.15, 0.2) is 11.5 Å². The van der Waals surface area contributed by atoms with Crippen LogP contribution in [0.1, 0.15) is 25.3 Å². The molecule has 0 aliphatic carbocycles. The van der Waals surface area contributed by atoms with Gasteiger partial charge in [-0.2, -0.15) is 0 Å². The van der Waals surface area contributed by atoms with Gasteiger partial charge in [-0.05, 0) is 53.9 Å². The number of benzene rings is 3. The number of fused-ring (bicyclic) bond motifs is 1. The molecule has 0 aliphatic rings. The molecule has 6 heteroatoms. The maximum atomic E-state index is 6.17. The first-order chi connectivity index (χ1) is 16.6. The zero-order valence-electron chi connectivity index (χ0n) is 19.9. The smallest absolute Gasteiger partial charge is 0.162 e. The van der Waals surface area contributed by atoms with Crippen molar-refractivity contribution in [3.63, 3.8) is 0 Å².